The molecule has 1 unspecified atom stereocenters. The second kappa shape index (κ2) is 8.79. The van der Waals surface area contributed by atoms with Crippen molar-refractivity contribution in [1.82, 2.24) is 19.7 Å². The third-order valence-corrected chi connectivity index (χ3v) is 6.42. The molecule has 2 aliphatic rings. The van der Waals surface area contributed by atoms with Gasteiger partial charge >= 0.3 is 0 Å². The number of fused-ring (bicyclic) bond motifs is 3. The van der Waals surface area contributed by atoms with Crippen LogP contribution < -0.4 is 5.32 Å². The molecule has 158 valence electrons. The molecule has 4 atom stereocenters. The number of aryl methyl sites for hydroxylation is 1. The van der Waals surface area contributed by atoms with Gasteiger partial charge in [0.05, 0.1) is 18.4 Å². The molecule has 0 saturated heterocycles. The Morgan fingerprint density at radius 3 is 2.76 bits per heavy atom. The van der Waals surface area contributed by atoms with Crippen molar-refractivity contribution in [1.29, 1.82) is 0 Å². The van der Waals surface area contributed by atoms with Crippen LogP contribution in [0, 0.1) is 18.8 Å². The number of methoxy groups -OCH3 is 1. The van der Waals surface area contributed by atoms with Crippen molar-refractivity contribution < 1.29 is 14.3 Å². The van der Waals surface area contributed by atoms with Crippen LogP contribution in [-0.4, -0.2) is 46.1 Å². The molecule has 0 spiro atoms. The van der Waals surface area contributed by atoms with Crippen molar-refractivity contribution in [3.63, 3.8) is 0 Å². The Labute approximate surface area is 172 Å². The molecule has 7 heteroatoms. The molecule has 2 heterocycles. The Morgan fingerprint density at radius 2 is 2.07 bits per heavy atom. The summed E-state index contributed by atoms with van der Waals surface area (Å²) in [6, 6.07) is 2.17. The summed E-state index contributed by atoms with van der Waals surface area (Å²) >= 11 is 0. The Bertz CT molecular complexity index is 851. The first-order chi connectivity index (χ1) is 14.1. The Kier molecular flexibility index (Phi) is 6.15. The number of aromatic nitrogens is 3. The number of hydrogen-bond donors (Lipinski definition) is 1. The van der Waals surface area contributed by atoms with E-state index in [0.29, 0.717) is 35.9 Å². The lowest BCUT2D eigenvalue weighted by Gasteiger charge is -2.35. The van der Waals surface area contributed by atoms with Gasteiger partial charge in [0, 0.05) is 25.5 Å². The SMILES string of the molecule is CCCCO[C@@H]1CC2CC[C@H](C1)[C@H]2NC(=O)c1ncn2c(COC)cc(C)nc12. The molecule has 2 bridgehead atoms. The number of carbonyl (C=O) groups excluding carboxylic acids is 1. The van der Waals surface area contributed by atoms with Crippen LogP contribution in [0.5, 0.6) is 0 Å². The minimum atomic E-state index is -0.124. The summed E-state index contributed by atoms with van der Waals surface area (Å²) in [6.07, 6.45) is 8.73. The molecule has 2 aromatic rings. The lowest BCUT2D eigenvalue weighted by Crippen LogP contribution is -2.46. The van der Waals surface area contributed by atoms with Gasteiger partial charge in [-0.2, -0.15) is 0 Å². The smallest absolute Gasteiger partial charge is 0.274 e. The lowest BCUT2D eigenvalue weighted by molar-refractivity contribution is -0.00121. The molecule has 1 amide bonds. The molecule has 0 radical (unpaired) electrons. The van der Waals surface area contributed by atoms with E-state index in [1.165, 1.54) is 12.8 Å². The number of rotatable bonds is 8. The van der Waals surface area contributed by atoms with Gasteiger partial charge in [-0.05, 0) is 56.9 Å². The average molecular weight is 401 g/mol. The molecule has 4 rings (SSSR count). The quantitative estimate of drug-likeness (QED) is 0.688. The monoisotopic (exact) mass is 400 g/mol. The minimum Gasteiger partial charge on any atom is -0.378 e. The summed E-state index contributed by atoms with van der Waals surface area (Å²) in [6.45, 7) is 5.41. The highest BCUT2D eigenvalue weighted by molar-refractivity contribution is 5.98. The lowest BCUT2D eigenvalue weighted by atomic mass is 9.82. The van der Waals surface area contributed by atoms with E-state index in [2.05, 4.69) is 22.2 Å². The van der Waals surface area contributed by atoms with Gasteiger partial charge in [0.25, 0.3) is 5.91 Å². The van der Waals surface area contributed by atoms with Crippen LogP contribution in [0.25, 0.3) is 5.65 Å². The number of nitrogens with one attached hydrogen (secondary N) is 1. The molecule has 2 fully saturated rings. The molecule has 7 nitrogen and oxygen atoms in total. The van der Waals surface area contributed by atoms with Crippen molar-refractivity contribution in [2.45, 2.75) is 71.1 Å². The van der Waals surface area contributed by atoms with E-state index in [0.717, 1.165) is 43.7 Å². The number of hydrogen-bond acceptors (Lipinski definition) is 5. The summed E-state index contributed by atoms with van der Waals surface area (Å²) in [7, 11) is 1.66. The second-order valence-corrected chi connectivity index (χ2v) is 8.52. The van der Waals surface area contributed by atoms with Gasteiger partial charge in [0.1, 0.15) is 6.33 Å². The number of ether oxygens (including phenoxy) is 2. The van der Waals surface area contributed by atoms with Gasteiger partial charge in [0.15, 0.2) is 11.3 Å². The van der Waals surface area contributed by atoms with Crippen LogP contribution >= 0.6 is 0 Å². The predicted octanol–water partition coefficient (Wildman–Crippen LogP) is 3.29. The highest BCUT2D eigenvalue weighted by Crippen LogP contribution is 2.43. The fourth-order valence-electron chi connectivity index (χ4n) is 5.05. The summed E-state index contributed by atoms with van der Waals surface area (Å²) in [5.41, 5.74) is 2.78. The fraction of sp³-hybridized carbons (Fsp3) is 0.682. The van der Waals surface area contributed by atoms with Crippen LogP contribution in [0.4, 0.5) is 0 Å². The largest absolute Gasteiger partial charge is 0.378 e. The molecular formula is C22H32N4O3. The van der Waals surface area contributed by atoms with Crippen molar-refractivity contribution in [2.24, 2.45) is 11.8 Å². The highest BCUT2D eigenvalue weighted by Gasteiger charge is 2.44. The van der Waals surface area contributed by atoms with Gasteiger partial charge in [-0.15, -0.1) is 0 Å². The summed E-state index contributed by atoms with van der Waals surface area (Å²) in [5, 5.41) is 3.29. The van der Waals surface area contributed by atoms with E-state index in [-0.39, 0.29) is 11.9 Å². The number of imidazole rings is 1. The Morgan fingerprint density at radius 1 is 1.31 bits per heavy atom. The van der Waals surface area contributed by atoms with E-state index < -0.39 is 0 Å². The second-order valence-electron chi connectivity index (χ2n) is 8.52. The zero-order valence-electron chi connectivity index (χ0n) is 17.7. The molecule has 2 aromatic heterocycles. The third-order valence-electron chi connectivity index (χ3n) is 6.42. The van der Waals surface area contributed by atoms with Crippen LogP contribution in [0.15, 0.2) is 12.4 Å². The van der Waals surface area contributed by atoms with Crippen LogP contribution in [-0.2, 0) is 16.1 Å². The van der Waals surface area contributed by atoms with Crippen LogP contribution in [0.3, 0.4) is 0 Å². The molecule has 0 aliphatic heterocycles. The van der Waals surface area contributed by atoms with Crippen molar-refractivity contribution in [3.05, 3.63) is 29.5 Å². The first-order valence-electron chi connectivity index (χ1n) is 10.9. The average Bonchev–Trinajstić information content (AvgIpc) is 3.20. The van der Waals surface area contributed by atoms with E-state index in [1.54, 1.807) is 13.4 Å². The normalized spacial score (nSPS) is 26.2. The van der Waals surface area contributed by atoms with Gasteiger partial charge in [0.2, 0.25) is 0 Å². The summed E-state index contributed by atoms with van der Waals surface area (Å²) in [4.78, 5) is 22.0. The zero-order valence-corrected chi connectivity index (χ0v) is 17.7. The van der Waals surface area contributed by atoms with E-state index in [4.69, 9.17) is 9.47 Å². The number of nitrogens with zero attached hydrogens (tertiary/aromatic N) is 3. The maximum absolute atomic E-state index is 13.1. The van der Waals surface area contributed by atoms with Gasteiger partial charge < -0.3 is 14.8 Å². The maximum atomic E-state index is 13.1. The van der Waals surface area contributed by atoms with E-state index in [1.807, 2.05) is 17.4 Å². The molecule has 1 N–H and O–H groups in total. The number of amides is 1. The Hall–Kier alpha value is -1.99. The van der Waals surface area contributed by atoms with E-state index in [9.17, 15) is 4.79 Å². The molecule has 0 aromatic carbocycles. The van der Waals surface area contributed by atoms with Crippen LogP contribution in [0.2, 0.25) is 0 Å². The van der Waals surface area contributed by atoms with Crippen LogP contribution in [0.1, 0.15) is 67.3 Å². The third kappa shape index (κ3) is 4.16. The zero-order chi connectivity index (χ0) is 20.4. The topological polar surface area (TPSA) is 77.8 Å². The highest BCUT2D eigenvalue weighted by atomic mass is 16.5. The predicted molar refractivity (Wildman–Crippen MR) is 110 cm³/mol. The van der Waals surface area contributed by atoms with Crippen molar-refractivity contribution in [2.75, 3.05) is 13.7 Å². The molecule has 29 heavy (non-hydrogen) atoms. The summed E-state index contributed by atoms with van der Waals surface area (Å²) < 4.78 is 13.2. The van der Waals surface area contributed by atoms with Gasteiger partial charge in [-0.3, -0.25) is 9.20 Å². The number of unbranched alkanes of at least 4 members (excludes halogenated alkanes) is 1. The van der Waals surface area contributed by atoms with Gasteiger partial charge in [-0.1, -0.05) is 13.3 Å². The fourth-order valence-corrected chi connectivity index (χ4v) is 5.05. The molecular weight excluding hydrogens is 368 g/mol. The summed E-state index contributed by atoms with van der Waals surface area (Å²) in [5.74, 6) is 0.870. The maximum Gasteiger partial charge on any atom is 0.274 e. The van der Waals surface area contributed by atoms with Crippen molar-refractivity contribution in [3.8, 4) is 0 Å². The minimum absolute atomic E-state index is 0.124. The van der Waals surface area contributed by atoms with E-state index >= 15 is 0 Å². The Balaban J connectivity index is 1.47. The standard InChI is InChI=1S/C22H32N4O3/c1-4-5-8-29-18-10-15-6-7-16(11-18)19(15)25-22(27)20-21-24-14(2)9-17(12-28-3)26(21)13-23-20/h9,13,15-16,18-19H,4-8,10-12H2,1-3H3,(H,25,27)/t15-,16?,18+,19-/m1/s1. The number of carbonyl (C=O) groups is 1. The molecule has 2 saturated carbocycles. The van der Waals surface area contributed by atoms with Gasteiger partial charge in [-0.25, -0.2) is 9.97 Å². The molecule has 2 aliphatic carbocycles. The first-order valence-corrected chi connectivity index (χ1v) is 10.9. The first kappa shape index (κ1) is 20.3. The van der Waals surface area contributed by atoms with Crippen molar-refractivity contribution >= 4 is 11.6 Å².